The van der Waals surface area contributed by atoms with Gasteiger partial charge >= 0.3 is 24.2 Å². The van der Waals surface area contributed by atoms with Crippen molar-refractivity contribution in [1.82, 2.24) is 10.2 Å². The summed E-state index contributed by atoms with van der Waals surface area (Å²) in [6.07, 6.45) is -4.63. The van der Waals surface area contributed by atoms with Gasteiger partial charge in [-0.1, -0.05) is 12.1 Å². The molecule has 2 aromatic carbocycles. The van der Waals surface area contributed by atoms with E-state index in [0.29, 0.717) is 23.7 Å². The molecule has 2 aliphatic rings. The van der Waals surface area contributed by atoms with Crippen LogP contribution in [0.2, 0.25) is 0 Å². The lowest BCUT2D eigenvalue weighted by molar-refractivity contribution is -0.150. The predicted molar refractivity (Wildman–Crippen MR) is 118 cm³/mol. The zero-order chi connectivity index (χ0) is 25.5. The van der Waals surface area contributed by atoms with Gasteiger partial charge in [0, 0.05) is 31.0 Å². The van der Waals surface area contributed by atoms with Crippen LogP contribution in [0, 0.1) is 12.8 Å². The third-order valence-corrected chi connectivity index (χ3v) is 6.10. The number of aliphatic carboxylic acids is 1. The number of halogens is 3. The number of rotatable bonds is 5. The van der Waals surface area contributed by atoms with E-state index in [1.165, 1.54) is 36.1 Å². The first-order valence-corrected chi connectivity index (χ1v) is 10.7. The van der Waals surface area contributed by atoms with Gasteiger partial charge in [0.1, 0.15) is 0 Å². The average molecular weight is 490 g/mol. The monoisotopic (exact) mass is 490 g/mol. The summed E-state index contributed by atoms with van der Waals surface area (Å²) in [5.41, 5.74) is -0.140. The first kappa shape index (κ1) is 24.0. The van der Waals surface area contributed by atoms with Crippen LogP contribution in [0.3, 0.4) is 0 Å². The fraction of sp³-hybridized carbons (Fsp3) is 0.304. The summed E-state index contributed by atoms with van der Waals surface area (Å²) in [4.78, 5) is 53.0. The highest BCUT2D eigenvalue weighted by Gasteiger charge is 2.44. The smallest absolute Gasteiger partial charge is 0.416 e. The number of carbonyl (C=O) groups is 4. The number of benzene rings is 2. The van der Waals surface area contributed by atoms with Crippen LogP contribution in [0.5, 0.6) is 0 Å². The summed E-state index contributed by atoms with van der Waals surface area (Å²) in [5.74, 6) is -4.05. The van der Waals surface area contributed by atoms with Crippen LogP contribution in [-0.2, 0) is 22.3 Å². The van der Waals surface area contributed by atoms with Gasteiger partial charge in [-0.15, -0.1) is 0 Å². The van der Waals surface area contributed by atoms with Crippen LogP contribution in [-0.4, -0.2) is 53.6 Å². The van der Waals surface area contributed by atoms with Gasteiger partial charge in [0.15, 0.2) is 5.92 Å². The van der Waals surface area contributed by atoms with Gasteiger partial charge < -0.3 is 10.4 Å². The van der Waals surface area contributed by atoms with Crippen molar-refractivity contribution in [3.05, 3.63) is 59.2 Å². The molecule has 0 spiro atoms. The molecule has 0 saturated carbocycles. The summed E-state index contributed by atoms with van der Waals surface area (Å²) in [6, 6.07) is 8.50. The Balaban J connectivity index is 1.65. The van der Waals surface area contributed by atoms with Crippen LogP contribution >= 0.6 is 0 Å². The highest BCUT2D eigenvalue weighted by molar-refractivity contribution is 6.12. The summed E-state index contributed by atoms with van der Waals surface area (Å²) < 4.78 is 40.0. The van der Waals surface area contributed by atoms with Crippen molar-refractivity contribution in [1.29, 1.82) is 0 Å². The number of hydrogen-bond donors (Lipinski definition) is 2. The SMILES string of the molecule is Cc1c(CN2C(=O)C(C(=O)O)CN(c3ccc(N4CCNC4=O)cc3)C2=O)cccc1C(F)(F)F. The van der Waals surface area contributed by atoms with Gasteiger partial charge in [0.2, 0.25) is 5.91 Å². The van der Waals surface area contributed by atoms with Crippen molar-refractivity contribution in [2.24, 2.45) is 5.92 Å². The molecular formula is C23H21F3N4O5. The molecule has 2 aromatic rings. The van der Waals surface area contributed by atoms with Gasteiger partial charge in [-0.3, -0.25) is 24.3 Å². The second-order valence-electron chi connectivity index (χ2n) is 8.20. The quantitative estimate of drug-likeness (QED) is 0.626. The Morgan fingerprint density at radius 2 is 1.69 bits per heavy atom. The first-order chi connectivity index (χ1) is 16.5. The second kappa shape index (κ2) is 8.93. The Morgan fingerprint density at radius 1 is 1.06 bits per heavy atom. The van der Waals surface area contributed by atoms with E-state index in [4.69, 9.17) is 0 Å². The molecule has 5 amide bonds. The van der Waals surface area contributed by atoms with E-state index in [-0.39, 0.29) is 22.8 Å². The van der Waals surface area contributed by atoms with Crippen LogP contribution in [0.25, 0.3) is 0 Å². The normalized spacial score (nSPS) is 18.8. The minimum Gasteiger partial charge on any atom is -0.481 e. The topological polar surface area (TPSA) is 110 Å². The Kier molecular flexibility index (Phi) is 6.14. The standard InChI is InChI=1S/C23H21F3N4O5/c1-13-14(3-2-4-18(13)23(24,25)26)11-30-19(31)17(20(32)33)12-29(22(30)35)16-7-5-15(6-8-16)28-10-9-27-21(28)34/h2-8,17H,9-12H2,1H3,(H,27,34)(H,32,33). The Morgan fingerprint density at radius 3 is 2.23 bits per heavy atom. The van der Waals surface area contributed by atoms with Crippen molar-refractivity contribution < 1.29 is 37.5 Å². The molecule has 0 aliphatic carbocycles. The lowest BCUT2D eigenvalue weighted by Crippen LogP contribution is -2.58. The van der Waals surface area contributed by atoms with E-state index in [0.717, 1.165) is 11.0 Å². The number of nitrogens with zero attached hydrogens (tertiary/aromatic N) is 3. The molecule has 0 radical (unpaired) electrons. The maximum atomic E-state index is 13.3. The van der Waals surface area contributed by atoms with E-state index in [1.807, 2.05) is 0 Å². The lowest BCUT2D eigenvalue weighted by Gasteiger charge is -2.37. The summed E-state index contributed by atoms with van der Waals surface area (Å²) in [7, 11) is 0. The Labute approximate surface area is 197 Å². The number of urea groups is 2. The number of nitrogens with one attached hydrogen (secondary N) is 1. The molecule has 2 saturated heterocycles. The molecule has 1 unspecified atom stereocenters. The van der Waals surface area contributed by atoms with Crippen molar-refractivity contribution in [3.63, 3.8) is 0 Å². The number of amides is 5. The van der Waals surface area contributed by atoms with E-state index >= 15 is 0 Å². The molecule has 184 valence electrons. The second-order valence-corrected chi connectivity index (χ2v) is 8.20. The van der Waals surface area contributed by atoms with Gasteiger partial charge in [-0.25, -0.2) is 9.59 Å². The van der Waals surface area contributed by atoms with Crippen LogP contribution in [0.1, 0.15) is 16.7 Å². The summed E-state index contributed by atoms with van der Waals surface area (Å²) in [5, 5.41) is 12.2. The molecule has 0 bridgehead atoms. The zero-order valence-electron chi connectivity index (χ0n) is 18.5. The molecule has 2 heterocycles. The zero-order valence-corrected chi connectivity index (χ0v) is 18.5. The fourth-order valence-electron chi connectivity index (χ4n) is 4.17. The van der Waals surface area contributed by atoms with E-state index in [1.54, 1.807) is 12.1 Å². The lowest BCUT2D eigenvalue weighted by atomic mass is 9.99. The largest absolute Gasteiger partial charge is 0.481 e. The molecular weight excluding hydrogens is 469 g/mol. The van der Waals surface area contributed by atoms with Gasteiger partial charge in [-0.2, -0.15) is 13.2 Å². The predicted octanol–water partition coefficient (Wildman–Crippen LogP) is 3.21. The van der Waals surface area contributed by atoms with Gasteiger partial charge in [0.25, 0.3) is 0 Å². The van der Waals surface area contributed by atoms with E-state index in [2.05, 4.69) is 5.32 Å². The Bertz CT molecular complexity index is 1200. The Hall–Kier alpha value is -4.09. The maximum absolute atomic E-state index is 13.3. The molecule has 2 fully saturated rings. The van der Waals surface area contributed by atoms with Gasteiger partial charge in [-0.05, 0) is 48.4 Å². The molecule has 9 nitrogen and oxygen atoms in total. The van der Waals surface area contributed by atoms with Crippen molar-refractivity contribution in [3.8, 4) is 0 Å². The number of hydrogen-bond acceptors (Lipinski definition) is 4. The van der Waals surface area contributed by atoms with Crippen LogP contribution < -0.4 is 15.1 Å². The number of imide groups is 1. The summed E-state index contributed by atoms with van der Waals surface area (Å²) in [6.45, 7) is 1.23. The summed E-state index contributed by atoms with van der Waals surface area (Å²) >= 11 is 0. The first-order valence-electron chi connectivity index (χ1n) is 10.7. The molecule has 12 heteroatoms. The highest BCUT2D eigenvalue weighted by atomic mass is 19.4. The van der Waals surface area contributed by atoms with Crippen LogP contribution in [0.15, 0.2) is 42.5 Å². The highest BCUT2D eigenvalue weighted by Crippen LogP contribution is 2.34. The molecule has 35 heavy (non-hydrogen) atoms. The van der Waals surface area contributed by atoms with Gasteiger partial charge in [0.05, 0.1) is 12.1 Å². The van der Waals surface area contributed by atoms with Crippen LogP contribution in [0.4, 0.5) is 34.1 Å². The van der Waals surface area contributed by atoms with E-state index in [9.17, 15) is 37.5 Å². The number of anilines is 2. The minimum atomic E-state index is -4.63. The molecule has 4 rings (SSSR count). The van der Waals surface area contributed by atoms with Crippen molar-refractivity contribution in [2.75, 3.05) is 29.4 Å². The molecule has 0 aromatic heterocycles. The van der Waals surface area contributed by atoms with Crippen molar-refractivity contribution >= 4 is 35.3 Å². The van der Waals surface area contributed by atoms with E-state index < -0.39 is 48.7 Å². The molecule has 1 atom stereocenters. The third-order valence-electron chi connectivity index (χ3n) is 6.10. The molecule has 2 N–H and O–H groups in total. The number of carboxylic acids is 1. The fourth-order valence-corrected chi connectivity index (χ4v) is 4.17. The minimum absolute atomic E-state index is 0.0721. The maximum Gasteiger partial charge on any atom is 0.416 e. The van der Waals surface area contributed by atoms with Crippen molar-refractivity contribution in [2.45, 2.75) is 19.6 Å². The number of alkyl halides is 3. The average Bonchev–Trinajstić information content (AvgIpc) is 3.22. The number of carboxylic acid groups (broad SMARTS) is 1. The third kappa shape index (κ3) is 4.51. The molecule has 2 aliphatic heterocycles. The number of carbonyl (C=O) groups excluding carboxylic acids is 3.